The van der Waals surface area contributed by atoms with Crippen LogP contribution in [0.3, 0.4) is 0 Å². The van der Waals surface area contributed by atoms with Crippen LogP contribution in [0.4, 0.5) is 4.39 Å². The van der Waals surface area contributed by atoms with E-state index in [0.29, 0.717) is 11.1 Å². The highest BCUT2D eigenvalue weighted by atomic mass is 19.1. The van der Waals surface area contributed by atoms with E-state index >= 15 is 0 Å². The average molecular weight is 244 g/mol. The summed E-state index contributed by atoms with van der Waals surface area (Å²) in [6, 6.07) is 12.2. The fraction of sp³-hybridized carbons (Fsp3) is 0.133. The maximum absolute atomic E-state index is 13.5. The van der Waals surface area contributed by atoms with Crippen molar-refractivity contribution in [2.24, 2.45) is 0 Å². The van der Waals surface area contributed by atoms with Crippen LogP contribution in [0, 0.1) is 12.7 Å². The highest BCUT2D eigenvalue weighted by Gasteiger charge is 2.05. The van der Waals surface area contributed by atoms with Crippen LogP contribution in [-0.2, 0) is 11.2 Å². The van der Waals surface area contributed by atoms with E-state index in [1.54, 1.807) is 31.2 Å². The van der Waals surface area contributed by atoms with E-state index in [9.17, 15) is 9.18 Å². The summed E-state index contributed by atoms with van der Waals surface area (Å²) in [6.07, 6.45) is -0.0256. The second-order valence-corrected chi connectivity index (χ2v) is 4.23. The summed E-state index contributed by atoms with van der Waals surface area (Å²) in [5, 5.41) is 8.75. The van der Waals surface area contributed by atoms with Crippen molar-refractivity contribution in [1.29, 1.82) is 0 Å². The Bertz CT molecular complexity index is 591. The summed E-state index contributed by atoms with van der Waals surface area (Å²) in [6.45, 7) is 1.71. The number of rotatable bonds is 3. The molecule has 0 amide bonds. The number of halogens is 1. The van der Waals surface area contributed by atoms with Crippen molar-refractivity contribution in [3.8, 4) is 11.1 Å². The standard InChI is InChI=1S/C15H13FO2/c1-10-5-6-13(9-14(10)16)12-4-2-3-11(7-12)8-15(17)18/h2-7,9H,8H2,1H3,(H,17,18). The SMILES string of the molecule is Cc1ccc(-c2cccc(CC(=O)O)c2)cc1F. The molecule has 0 bridgehead atoms. The normalized spacial score (nSPS) is 10.3. The van der Waals surface area contributed by atoms with Crippen molar-refractivity contribution in [2.75, 3.05) is 0 Å². The molecule has 0 aliphatic rings. The maximum atomic E-state index is 13.5. The Kier molecular flexibility index (Phi) is 3.42. The summed E-state index contributed by atoms with van der Waals surface area (Å²) in [4.78, 5) is 10.7. The molecule has 0 aliphatic carbocycles. The molecule has 2 rings (SSSR count). The lowest BCUT2D eigenvalue weighted by Crippen LogP contribution is -1.99. The van der Waals surface area contributed by atoms with E-state index < -0.39 is 5.97 Å². The van der Waals surface area contributed by atoms with Gasteiger partial charge in [-0.3, -0.25) is 4.79 Å². The van der Waals surface area contributed by atoms with Gasteiger partial charge in [-0.25, -0.2) is 4.39 Å². The van der Waals surface area contributed by atoms with E-state index in [1.807, 2.05) is 12.1 Å². The van der Waals surface area contributed by atoms with Crippen molar-refractivity contribution in [2.45, 2.75) is 13.3 Å². The molecule has 0 aromatic heterocycles. The zero-order valence-electron chi connectivity index (χ0n) is 9.98. The van der Waals surface area contributed by atoms with Gasteiger partial charge in [0.15, 0.2) is 0 Å². The number of carboxylic acid groups (broad SMARTS) is 1. The Balaban J connectivity index is 2.38. The summed E-state index contributed by atoms with van der Waals surface area (Å²) in [5.41, 5.74) is 2.89. The lowest BCUT2D eigenvalue weighted by Gasteiger charge is -2.05. The maximum Gasteiger partial charge on any atom is 0.307 e. The molecule has 2 aromatic rings. The minimum atomic E-state index is -0.873. The smallest absolute Gasteiger partial charge is 0.307 e. The monoisotopic (exact) mass is 244 g/mol. The number of hydrogen-bond acceptors (Lipinski definition) is 1. The van der Waals surface area contributed by atoms with Gasteiger partial charge >= 0.3 is 5.97 Å². The number of carboxylic acids is 1. The third-order valence-electron chi connectivity index (χ3n) is 2.79. The molecule has 2 nitrogen and oxygen atoms in total. The Morgan fingerprint density at radius 2 is 1.89 bits per heavy atom. The predicted molar refractivity (Wildman–Crippen MR) is 67.9 cm³/mol. The lowest BCUT2D eigenvalue weighted by atomic mass is 10.0. The van der Waals surface area contributed by atoms with Crippen LogP contribution < -0.4 is 0 Å². The number of aliphatic carboxylic acids is 1. The topological polar surface area (TPSA) is 37.3 Å². The van der Waals surface area contributed by atoms with Gasteiger partial charge in [0, 0.05) is 0 Å². The third kappa shape index (κ3) is 2.74. The summed E-state index contributed by atoms with van der Waals surface area (Å²) in [5.74, 6) is -1.13. The minimum absolute atomic E-state index is 0.0256. The Labute approximate surface area is 105 Å². The van der Waals surface area contributed by atoms with E-state index in [4.69, 9.17) is 5.11 Å². The van der Waals surface area contributed by atoms with Gasteiger partial charge in [0.25, 0.3) is 0 Å². The molecule has 18 heavy (non-hydrogen) atoms. The molecule has 0 unspecified atom stereocenters. The number of aryl methyl sites for hydroxylation is 1. The lowest BCUT2D eigenvalue weighted by molar-refractivity contribution is -0.136. The van der Waals surface area contributed by atoms with Gasteiger partial charge in [-0.2, -0.15) is 0 Å². The first kappa shape index (κ1) is 12.3. The van der Waals surface area contributed by atoms with Crippen molar-refractivity contribution >= 4 is 5.97 Å². The van der Waals surface area contributed by atoms with Gasteiger partial charge in [0.1, 0.15) is 5.82 Å². The highest BCUT2D eigenvalue weighted by molar-refractivity contribution is 5.72. The van der Waals surface area contributed by atoms with Gasteiger partial charge in [-0.15, -0.1) is 0 Å². The second kappa shape index (κ2) is 5.00. The van der Waals surface area contributed by atoms with Gasteiger partial charge in [0.05, 0.1) is 6.42 Å². The van der Waals surface area contributed by atoms with Crippen molar-refractivity contribution in [1.82, 2.24) is 0 Å². The average Bonchev–Trinajstić information content (AvgIpc) is 2.32. The summed E-state index contributed by atoms with van der Waals surface area (Å²) < 4.78 is 13.5. The molecule has 1 N–H and O–H groups in total. The molecule has 0 saturated carbocycles. The van der Waals surface area contributed by atoms with Crippen LogP contribution in [0.5, 0.6) is 0 Å². The number of carbonyl (C=O) groups is 1. The second-order valence-electron chi connectivity index (χ2n) is 4.23. The number of hydrogen-bond donors (Lipinski definition) is 1. The summed E-state index contributed by atoms with van der Waals surface area (Å²) in [7, 11) is 0. The van der Waals surface area contributed by atoms with Crippen molar-refractivity contribution < 1.29 is 14.3 Å². The summed E-state index contributed by atoms with van der Waals surface area (Å²) >= 11 is 0. The Morgan fingerprint density at radius 3 is 2.56 bits per heavy atom. The van der Waals surface area contributed by atoms with Gasteiger partial charge in [-0.1, -0.05) is 36.4 Å². The molecule has 0 radical (unpaired) electrons. The fourth-order valence-corrected chi connectivity index (χ4v) is 1.81. The largest absolute Gasteiger partial charge is 0.481 e. The molecule has 0 fully saturated rings. The Hall–Kier alpha value is -2.16. The number of benzene rings is 2. The van der Waals surface area contributed by atoms with Crippen LogP contribution in [0.15, 0.2) is 42.5 Å². The van der Waals surface area contributed by atoms with Gasteiger partial charge in [0.2, 0.25) is 0 Å². The van der Waals surface area contributed by atoms with Crippen LogP contribution in [0.25, 0.3) is 11.1 Å². The zero-order valence-corrected chi connectivity index (χ0v) is 9.98. The van der Waals surface area contributed by atoms with Crippen molar-refractivity contribution in [3.63, 3.8) is 0 Å². The molecule has 0 spiro atoms. The van der Waals surface area contributed by atoms with E-state index in [2.05, 4.69) is 0 Å². The third-order valence-corrected chi connectivity index (χ3v) is 2.79. The molecule has 0 saturated heterocycles. The minimum Gasteiger partial charge on any atom is -0.481 e. The van der Waals surface area contributed by atoms with Gasteiger partial charge in [-0.05, 0) is 35.2 Å². The Morgan fingerprint density at radius 1 is 1.17 bits per heavy atom. The van der Waals surface area contributed by atoms with Crippen LogP contribution in [0.2, 0.25) is 0 Å². The molecule has 0 atom stereocenters. The van der Waals surface area contributed by atoms with Crippen LogP contribution in [0.1, 0.15) is 11.1 Å². The quantitative estimate of drug-likeness (QED) is 0.898. The van der Waals surface area contributed by atoms with E-state index in [0.717, 1.165) is 11.1 Å². The highest BCUT2D eigenvalue weighted by Crippen LogP contribution is 2.22. The molecule has 3 heteroatoms. The molecular weight excluding hydrogens is 231 g/mol. The molecule has 92 valence electrons. The van der Waals surface area contributed by atoms with Crippen LogP contribution >= 0.6 is 0 Å². The van der Waals surface area contributed by atoms with Crippen LogP contribution in [-0.4, -0.2) is 11.1 Å². The first-order valence-electron chi connectivity index (χ1n) is 5.63. The molecule has 0 aliphatic heterocycles. The first-order chi connectivity index (χ1) is 8.56. The zero-order chi connectivity index (χ0) is 13.1. The predicted octanol–water partition coefficient (Wildman–Crippen LogP) is 3.43. The van der Waals surface area contributed by atoms with E-state index in [-0.39, 0.29) is 12.2 Å². The van der Waals surface area contributed by atoms with Gasteiger partial charge < -0.3 is 5.11 Å². The molecule has 2 aromatic carbocycles. The molecular formula is C15H13FO2. The van der Waals surface area contributed by atoms with Crippen molar-refractivity contribution in [3.05, 3.63) is 59.4 Å². The first-order valence-corrected chi connectivity index (χ1v) is 5.63. The van der Waals surface area contributed by atoms with E-state index in [1.165, 1.54) is 6.07 Å². The fourth-order valence-electron chi connectivity index (χ4n) is 1.81. The molecule has 0 heterocycles.